The second kappa shape index (κ2) is 12.9. The van der Waals surface area contributed by atoms with Gasteiger partial charge >= 0.3 is 17.8 Å². The molecule has 0 bridgehead atoms. The lowest BCUT2D eigenvalue weighted by Crippen LogP contribution is -2.65. The number of piperidine rings is 1. The van der Waals surface area contributed by atoms with Crippen LogP contribution in [0.2, 0.25) is 0 Å². The molecule has 9 heteroatoms. The average Bonchev–Trinajstić information content (AvgIpc) is 2.79. The summed E-state index contributed by atoms with van der Waals surface area (Å²) in [6, 6.07) is 5.42. The average molecular weight is 503 g/mol. The van der Waals surface area contributed by atoms with Crippen molar-refractivity contribution >= 4 is 23.7 Å². The Bertz CT molecular complexity index is 926. The molecule has 3 amide bonds. The van der Waals surface area contributed by atoms with Gasteiger partial charge in [-0.05, 0) is 65.6 Å². The summed E-state index contributed by atoms with van der Waals surface area (Å²) < 4.78 is 0. The van der Waals surface area contributed by atoms with Crippen LogP contribution in [0.5, 0.6) is 0 Å². The first-order valence-corrected chi connectivity index (χ1v) is 12.9. The number of hydrazine groups is 1. The van der Waals surface area contributed by atoms with Gasteiger partial charge in [0.1, 0.15) is 0 Å². The number of nitrogens with one attached hydrogen (secondary N) is 3. The van der Waals surface area contributed by atoms with Gasteiger partial charge in [0, 0.05) is 17.1 Å². The lowest BCUT2D eigenvalue weighted by atomic mass is 9.76. The predicted octanol–water partition coefficient (Wildman–Crippen LogP) is 3.64. The van der Waals surface area contributed by atoms with E-state index in [1.807, 2.05) is 0 Å². The number of carbonyl (C=O) groups is 4. The molecular weight excluding hydrogens is 460 g/mol. The Balaban J connectivity index is 1.89. The smallest absolute Gasteiger partial charge is 0.336 e. The molecule has 1 fully saturated rings. The van der Waals surface area contributed by atoms with Gasteiger partial charge in [0.05, 0.1) is 11.1 Å². The van der Waals surface area contributed by atoms with Crippen molar-refractivity contribution in [2.24, 2.45) is 0 Å². The molecule has 0 aromatic heterocycles. The number of amides is 3. The minimum Gasteiger partial charge on any atom is -0.478 e. The molecule has 36 heavy (non-hydrogen) atoms. The van der Waals surface area contributed by atoms with Crippen LogP contribution >= 0.6 is 0 Å². The summed E-state index contributed by atoms with van der Waals surface area (Å²) >= 11 is 0. The van der Waals surface area contributed by atoms with Crippen LogP contribution in [0.3, 0.4) is 0 Å². The minimum atomic E-state index is -1.27. The Morgan fingerprint density at radius 1 is 0.861 bits per heavy atom. The first-order chi connectivity index (χ1) is 16.9. The zero-order valence-electron chi connectivity index (χ0n) is 22.3. The van der Waals surface area contributed by atoms with Gasteiger partial charge in [0.15, 0.2) is 0 Å². The van der Waals surface area contributed by atoms with Crippen molar-refractivity contribution in [3.05, 3.63) is 35.4 Å². The maximum absolute atomic E-state index is 12.6. The first-order valence-electron chi connectivity index (χ1n) is 12.9. The van der Waals surface area contributed by atoms with Crippen molar-refractivity contribution < 1.29 is 24.3 Å². The third-order valence-corrected chi connectivity index (χ3v) is 6.92. The summed E-state index contributed by atoms with van der Waals surface area (Å²) in [5, 5.41) is 12.0. The normalized spacial score (nSPS) is 17.2. The Morgan fingerprint density at radius 2 is 1.42 bits per heavy atom. The third kappa shape index (κ3) is 8.05. The topological polar surface area (TPSA) is 128 Å². The number of carboxylic acid groups (broad SMARTS) is 1. The molecule has 0 spiro atoms. The van der Waals surface area contributed by atoms with Crippen molar-refractivity contribution in [3.8, 4) is 0 Å². The van der Waals surface area contributed by atoms with Crippen molar-refractivity contribution in [2.45, 2.75) is 103 Å². The Labute approximate surface area is 214 Å². The van der Waals surface area contributed by atoms with Crippen LogP contribution < -0.4 is 16.2 Å². The molecule has 0 radical (unpaired) electrons. The molecule has 1 aromatic rings. The quantitative estimate of drug-likeness (QED) is 0.220. The number of benzene rings is 1. The number of rotatable bonds is 10. The molecular formula is C27H42N4O5. The van der Waals surface area contributed by atoms with Crippen LogP contribution in [-0.2, 0) is 9.59 Å². The number of hydrogen-bond acceptors (Lipinski definition) is 5. The Morgan fingerprint density at radius 3 is 2.00 bits per heavy atom. The van der Waals surface area contributed by atoms with Gasteiger partial charge in [-0.15, -0.1) is 0 Å². The molecule has 9 nitrogen and oxygen atoms in total. The number of carbonyl (C=O) groups excluding carboxylic acids is 3. The molecule has 0 aliphatic carbocycles. The fourth-order valence-corrected chi connectivity index (χ4v) is 5.43. The number of likely N-dealkylation sites (tertiary alicyclic amines) is 1. The second-order valence-corrected chi connectivity index (χ2v) is 10.9. The zero-order chi connectivity index (χ0) is 26.9. The second-order valence-electron chi connectivity index (χ2n) is 10.9. The molecule has 2 rings (SSSR count). The molecule has 1 heterocycles. The van der Waals surface area contributed by atoms with E-state index in [9.17, 15) is 24.3 Å². The van der Waals surface area contributed by atoms with E-state index >= 15 is 0 Å². The van der Waals surface area contributed by atoms with Crippen molar-refractivity contribution in [1.82, 2.24) is 21.1 Å². The van der Waals surface area contributed by atoms with Gasteiger partial charge in [-0.1, -0.05) is 51.2 Å². The third-order valence-electron chi connectivity index (χ3n) is 6.92. The monoisotopic (exact) mass is 502 g/mol. The minimum absolute atomic E-state index is 0.119. The molecule has 0 saturated carbocycles. The van der Waals surface area contributed by atoms with E-state index in [2.05, 4.69) is 55.7 Å². The van der Waals surface area contributed by atoms with E-state index in [1.165, 1.54) is 56.4 Å². The first kappa shape index (κ1) is 29.3. The summed E-state index contributed by atoms with van der Waals surface area (Å²) in [4.78, 5) is 51.0. The summed E-state index contributed by atoms with van der Waals surface area (Å²) in [5.41, 5.74) is 3.57. The Kier molecular flexibility index (Phi) is 10.5. The number of carboxylic acids is 1. The highest BCUT2D eigenvalue weighted by Crippen LogP contribution is 2.38. The molecule has 4 N–H and O–H groups in total. The van der Waals surface area contributed by atoms with Gasteiger partial charge < -0.3 is 10.4 Å². The van der Waals surface area contributed by atoms with E-state index in [-0.39, 0.29) is 28.2 Å². The van der Waals surface area contributed by atoms with Crippen LogP contribution in [0.15, 0.2) is 24.3 Å². The number of nitrogens with zero attached hydrogens (tertiary/aromatic N) is 1. The van der Waals surface area contributed by atoms with E-state index in [0.717, 1.165) is 13.0 Å². The molecule has 0 atom stereocenters. The highest BCUT2D eigenvalue weighted by molar-refractivity contribution is 6.35. The van der Waals surface area contributed by atoms with Gasteiger partial charge in [0.25, 0.3) is 5.91 Å². The molecule has 1 aromatic carbocycles. The molecule has 0 unspecified atom stereocenters. The molecule has 200 valence electrons. The number of aromatic carboxylic acids is 1. The summed E-state index contributed by atoms with van der Waals surface area (Å²) in [6.45, 7) is 11.9. The van der Waals surface area contributed by atoms with Gasteiger partial charge in [0.2, 0.25) is 0 Å². The lowest BCUT2D eigenvalue weighted by Gasteiger charge is -2.55. The standard InChI is InChI=1S/C27H42N4O5/c1-6-7-8-9-10-13-16-31-26(2,3)17-19(18-27(31,4)5)28-23(33)24(34)30-29-22(32)20-14-11-12-15-21(20)25(35)36/h11-12,14-15,19H,6-10,13,16-18H2,1-5H3,(H,28,33)(H,29,32)(H,30,34)(H,35,36). The SMILES string of the molecule is CCCCCCCCN1C(C)(C)CC(NC(=O)C(=O)NNC(=O)c2ccccc2C(=O)O)CC1(C)C. The van der Waals surface area contributed by atoms with E-state index < -0.39 is 23.7 Å². The fourth-order valence-electron chi connectivity index (χ4n) is 5.43. The van der Waals surface area contributed by atoms with Crippen molar-refractivity contribution in [1.29, 1.82) is 0 Å². The van der Waals surface area contributed by atoms with E-state index in [4.69, 9.17) is 0 Å². The summed E-state index contributed by atoms with van der Waals surface area (Å²) in [7, 11) is 0. The van der Waals surface area contributed by atoms with Crippen LogP contribution in [0, 0.1) is 0 Å². The summed E-state index contributed by atoms with van der Waals surface area (Å²) in [6.07, 6.45) is 8.82. The van der Waals surface area contributed by atoms with Crippen molar-refractivity contribution in [2.75, 3.05) is 6.54 Å². The lowest BCUT2D eigenvalue weighted by molar-refractivity contribution is -0.141. The van der Waals surface area contributed by atoms with Crippen LogP contribution in [0.25, 0.3) is 0 Å². The largest absolute Gasteiger partial charge is 0.478 e. The predicted molar refractivity (Wildman–Crippen MR) is 138 cm³/mol. The maximum atomic E-state index is 12.6. The van der Waals surface area contributed by atoms with Crippen LogP contribution in [0.1, 0.15) is 107 Å². The highest BCUT2D eigenvalue weighted by Gasteiger charge is 2.45. The molecule has 1 saturated heterocycles. The van der Waals surface area contributed by atoms with Gasteiger partial charge in [-0.2, -0.15) is 0 Å². The van der Waals surface area contributed by atoms with Crippen LogP contribution in [-0.4, -0.2) is 57.4 Å². The highest BCUT2D eigenvalue weighted by atomic mass is 16.4. The zero-order valence-corrected chi connectivity index (χ0v) is 22.3. The fraction of sp³-hybridized carbons (Fsp3) is 0.630. The van der Waals surface area contributed by atoms with Crippen molar-refractivity contribution in [3.63, 3.8) is 0 Å². The maximum Gasteiger partial charge on any atom is 0.336 e. The van der Waals surface area contributed by atoms with E-state index in [0.29, 0.717) is 12.8 Å². The summed E-state index contributed by atoms with van der Waals surface area (Å²) in [5.74, 6) is -3.94. The number of hydrogen-bond donors (Lipinski definition) is 4. The van der Waals surface area contributed by atoms with E-state index in [1.54, 1.807) is 0 Å². The number of unbranched alkanes of at least 4 members (excludes halogenated alkanes) is 5. The van der Waals surface area contributed by atoms with Gasteiger partial charge in [-0.3, -0.25) is 30.1 Å². The Hall–Kier alpha value is -2.94. The van der Waals surface area contributed by atoms with Crippen LogP contribution in [0.4, 0.5) is 0 Å². The molecule has 1 aliphatic heterocycles. The molecule has 1 aliphatic rings. The van der Waals surface area contributed by atoms with Gasteiger partial charge in [-0.25, -0.2) is 4.79 Å².